The number of rotatable bonds is 4. The van der Waals surface area contributed by atoms with Crippen molar-refractivity contribution in [2.75, 3.05) is 13.6 Å². The summed E-state index contributed by atoms with van der Waals surface area (Å²) in [5, 5.41) is 9.28. The van der Waals surface area contributed by atoms with Crippen molar-refractivity contribution in [3.8, 4) is 0 Å². The molecule has 3 nitrogen and oxygen atoms in total. The van der Waals surface area contributed by atoms with Crippen molar-refractivity contribution >= 4 is 5.97 Å². The molecule has 1 atom stereocenters. The van der Waals surface area contributed by atoms with Crippen molar-refractivity contribution in [2.24, 2.45) is 0 Å². The van der Waals surface area contributed by atoms with Gasteiger partial charge in [-0.15, -0.1) is 0 Å². The summed E-state index contributed by atoms with van der Waals surface area (Å²) >= 11 is 0. The second kappa shape index (κ2) is 4.79. The number of nitrogens with zero attached hydrogens (tertiary/aromatic N) is 1. The summed E-state index contributed by atoms with van der Waals surface area (Å²) in [6.07, 6.45) is 0. The first-order valence-corrected chi connectivity index (χ1v) is 5.24. The van der Waals surface area contributed by atoms with Gasteiger partial charge in [0.2, 0.25) is 0 Å². The van der Waals surface area contributed by atoms with Crippen molar-refractivity contribution in [1.82, 2.24) is 4.90 Å². The lowest BCUT2D eigenvalue weighted by molar-refractivity contribution is -0.150. The summed E-state index contributed by atoms with van der Waals surface area (Å²) < 4.78 is 26.5. The van der Waals surface area contributed by atoms with E-state index in [0.717, 1.165) is 6.07 Å². The number of carbonyl (C=O) groups is 1. The molecule has 0 saturated carbocycles. The molecule has 5 heteroatoms. The van der Waals surface area contributed by atoms with Crippen molar-refractivity contribution in [1.29, 1.82) is 0 Å². The Balaban J connectivity index is 3.37. The molecule has 1 unspecified atom stereocenters. The minimum absolute atomic E-state index is 0.0456. The van der Waals surface area contributed by atoms with Gasteiger partial charge in [0.25, 0.3) is 0 Å². The van der Waals surface area contributed by atoms with Crippen LogP contribution in [0.25, 0.3) is 0 Å². The number of carboxylic acids is 1. The molecule has 94 valence electrons. The minimum atomic E-state index is -1.51. The van der Waals surface area contributed by atoms with Crippen LogP contribution in [-0.2, 0) is 10.3 Å². The molecule has 0 aliphatic carbocycles. The Bertz CT molecular complexity index is 437. The predicted molar refractivity (Wildman–Crippen MR) is 59.6 cm³/mol. The fraction of sp³-hybridized carbons (Fsp3) is 0.417. The quantitative estimate of drug-likeness (QED) is 0.881. The molecule has 0 spiro atoms. The lowest BCUT2D eigenvalue weighted by Crippen LogP contribution is -2.48. The fourth-order valence-electron chi connectivity index (χ4n) is 1.68. The van der Waals surface area contributed by atoms with Crippen LogP contribution in [0.4, 0.5) is 8.78 Å². The Labute approximate surface area is 98.7 Å². The molecule has 0 amide bonds. The van der Waals surface area contributed by atoms with Crippen molar-refractivity contribution in [3.05, 3.63) is 35.4 Å². The first-order chi connectivity index (χ1) is 7.83. The van der Waals surface area contributed by atoms with E-state index in [1.807, 2.05) is 0 Å². The maximum atomic E-state index is 13.7. The zero-order valence-electron chi connectivity index (χ0n) is 10.00. The maximum absolute atomic E-state index is 13.7. The molecule has 0 aliphatic heterocycles. The molecule has 1 aromatic carbocycles. The Kier molecular flexibility index (Phi) is 3.83. The van der Waals surface area contributed by atoms with Crippen molar-refractivity contribution < 1.29 is 18.7 Å². The average Bonchev–Trinajstić information content (AvgIpc) is 2.26. The molecule has 17 heavy (non-hydrogen) atoms. The van der Waals surface area contributed by atoms with E-state index in [-0.39, 0.29) is 5.56 Å². The topological polar surface area (TPSA) is 40.5 Å². The third-order valence-electron chi connectivity index (χ3n) is 3.11. The highest BCUT2D eigenvalue weighted by Gasteiger charge is 2.40. The first-order valence-electron chi connectivity index (χ1n) is 5.24. The largest absolute Gasteiger partial charge is 0.480 e. The van der Waals surface area contributed by atoms with Crippen LogP contribution in [0.5, 0.6) is 0 Å². The first kappa shape index (κ1) is 13.6. The second-order valence-electron chi connectivity index (χ2n) is 4.02. The van der Waals surface area contributed by atoms with Gasteiger partial charge in [0.15, 0.2) is 0 Å². The van der Waals surface area contributed by atoms with Crippen molar-refractivity contribution in [2.45, 2.75) is 19.4 Å². The van der Waals surface area contributed by atoms with Crippen molar-refractivity contribution in [3.63, 3.8) is 0 Å². The molecule has 1 aromatic rings. The smallest absolute Gasteiger partial charge is 0.328 e. The van der Waals surface area contributed by atoms with E-state index in [1.165, 1.54) is 17.9 Å². The van der Waals surface area contributed by atoms with Crippen LogP contribution in [0, 0.1) is 11.6 Å². The van der Waals surface area contributed by atoms with Crippen LogP contribution in [0.1, 0.15) is 19.4 Å². The van der Waals surface area contributed by atoms with E-state index < -0.39 is 23.1 Å². The molecule has 0 radical (unpaired) electrons. The summed E-state index contributed by atoms with van der Waals surface area (Å²) in [7, 11) is 1.58. The standard InChI is InChI=1S/C12H15F2NO2/c1-4-15(3)12(2,11(16)17)9-6-5-8(13)7-10(9)14/h5-7H,4H2,1-3H3,(H,16,17). The molecule has 0 heterocycles. The van der Waals surface area contributed by atoms with Gasteiger partial charge in [0.1, 0.15) is 17.2 Å². The molecule has 0 aliphatic rings. The van der Waals surface area contributed by atoms with Gasteiger partial charge in [0.05, 0.1) is 0 Å². The highest BCUT2D eigenvalue weighted by atomic mass is 19.1. The van der Waals surface area contributed by atoms with E-state index in [1.54, 1.807) is 14.0 Å². The number of hydrogen-bond donors (Lipinski definition) is 1. The summed E-state index contributed by atoms with van der Waals surface area (Å²) in [4.78, 5) is 12.8. The minimum Gasteiger partial charge on any atom is -0.480 e. The third kappa shape index (κ3) is 2.29. The fourth-order valence-corrected chi connectivity index (χ4v) is 1.68. The summed E-state index contributed by atoms with van der Waals surface area (Å²) in [5.41, 5.74) is -1.55. The predicted octanol–water partition coefficient (Wildman–Crippen LogP) is 2.22. The summed E-state index contributed by atoms with van der Waals surface area (Å²) in [6, 6.07) is 2.92. The average molecular weight is 243 g/mol. The Morgan fingerprint density at radius 3 is 2.47 bits per heavy atom. The zero-order chi connectivity index (χ0) is 13.2. The van der Waals surface area contributed by atoms with Gasteiger partial charge < -0.3 is 5.11 Å². The molecule has 0 bridgehead atoms. The van der Waals surface area contributed by atoms with Gasteiger partial charge in [-0.05, 0) is 26.6 Å². The molecule has 1 N–H and O–H groups in total. The number of carboxylic acid groups (broad SMARTS) is 1. The van der Waals surface area contributed by atoms with E-state index in [0.29, 0.717) is 12.6 Å². The summed E-state index contributed by atoms with van der Waals surface area (Å²) in [6.45, 7) is 3.59. The van der Waals surface area contributed by atoms with Gasteiger partial charge >= 0.3 is 5.97 Å². The van der Waals surface area contributed by atoms with Crippen LogP contribution in [0.15, 0.2) is 18.2 Å². The van der Waals surface area contributed by atoms with Gasteiger partial charge in [-0.25, -0.2) is 13.6 Å². The molecular formula is C12H15F2NO2. The highest BCUT2D eigenvalue weighted by molar-refractivity contribution is 5.80. The van der Waals surface area contributed by atoms with Gasteiger partial charge in [-0.2, -0.15) is 0 Å². The third-order valence-corrected chi connectivity index (χ3v) is 3.11. The normalized spacial score (nSPS) is 14.7. The van der Waals surface area contributed by atoms with Gasteiger partial charge in [-0.1, -0.05) is 13.0 Å². The zero-order valence-corrected chi connectivity index (χ0v) is 10.00. The Morgan fingerprint density at radius 1 is 1.47 bits per heavy atom. The number of likely N-dealkylation sites (N-methyl/N-ethyl adjacent to an activating group) is 1. The van der Waals surface area contributed by atoms with E-state index in [9.17, 15) is 18.7 Å². The Morgan fingerprint density at radius 2 is 2.06 bits per heavy atom. The van der Waals surface area contributed by atoms with E-state index >= 15 is 0 Å². The molecule has 0 fully saturated rings. The molecule has 0 saturated heterocycles. The monoisotopic (exact) mass is 243 g/mol. The lowest BCUT2D eigenvalue weighted by atomic mass is 9.90. The molecule has 1 rings (SSSR count). The maximum Gasteiger partial charge on any atom is 0.328 e. The second-order valence-corrected chi connectivity index (χ2v) is 4.02. The van der Waals surface area contributed by atoms with Crippen LogP contribution < -0.4 is 0 Å². The van der Waals surface area contributed by atoms with E-state index in [4.69, 9.17) is 0 Å². The van der Waals surface area contributed by atoms with Gasteiger partial charge in [0, 0.05) is 11.6 Å². The van der Waals surface area contributed by atoms with E-state index in [2.05, 4.69) is 0 Å². The number of aliphatic carboxylic acids is 1. The van der Waals surface area contributed by atoms with Crippen LogP contribution >= 0.6 is 0 Å². The van der Waals surface area contributed by atoms with Gasteiger partial charge in [-0.3, -0.25) is 4.90 Å². The Hall–Kier alpha value is -1.49. The highest BCUT2D eigenvalue weighted by Crippen LogP contribution is 2.29. The number of hydrogen-bond acceptors (Lipinski definition) is 2. The van der Waals surface area contributed by atoms with Crippen LogP contribution in [-0.4, -0.2) is 29.6 Å². The van der Waals surface area contributed by atoms with Crippen LogP contribution in [0.2, 0.25) is 0 Å². The number of halogens is 2. The SMILES string of the molecule is CCN(C)C(C)(C(=O)O)c1ccc(F)cc1F. The van der Waals surface area contributed by atoms with Crippen LogP contribution in [0.3, 0.4) is 0 Å². The lowest BCUT2D eigenvalue weighted by Gasteiger charge is -2.34. The molecule has 0 aromatic heterocycles. The molecular weight excluding hydrogens is 228 g/mol. The number of benzene rings is 1. The summed E-state index contributed by atoms with van der Waals surface area (Å²) in [5.74, 6) is -2.75.